The van der Waals surface area contributed by atoms with E-state index in [4.69, 9.17) is 0 Å². The maximum Gasteiger partial charge on any atom is 0.0561 e. The van der Waals surface area contributed by atoms with E-state index in [0.717, 1.165) is 123 Å². The summed E-state index contributed by atoms with van der Waals surface area (Å²) in [6.07, 6.45) is 0. The van der Waals surface area contributed by atoms with Crippen molar-refractivity contribution in [1.82, 2.24) is 0 Å². The van der Waals surface area contributed by atoms with Crippen LogP contribution in [0.15, 0.2) is 376 Å². The highest BCUT2D eigenvalue weighted by Crippen LogP contribution is 2.55. The van der Waals surface area contributed by atoms with E-state index in [-0.39, 0.29) is 0 Å². The van der Waals surface area contributed by atoms with Crippen molar-refractivity contribution < 1.29 is 0 Å². The fraction of sp³-hybridized carbons (Fsp3) is 0. The monoisotopic (exact) mass is 1170 g/mol. The molecule has 0 amide bonds. The van der Waals surface area contributed by atoms with E-state index in [9.17, 15) is 0 Å². The third kappa shape index (κ3) is 10.4. The SMILES string of the molecule is c1ccc(-c2ccc(N(c3ccc(-c4ccccc4)cc3)c3cc(N(c4ccccc4)c4ccccc4)c4ccc5c(N(c6ccc(-c7ccccc7)cc6)c6ccc(-c7ccccc7)cc6)cc(N(c6ccccc6)c6ccccc6)c6ccc3c4c65)cc2)cc1. The molecular formula is C88H62N4. The second kappa shape index (κ2) is 24.4. The van der Waals surface area contributed by atoms with Crippen LogP contribution < -0.4 is 19.6 Å². The molecule has 0 fully saturated rings. The van der Waals surface area contributed by atoms with Gasteiger partial charge in [-0.25, -0.2) is 0 Å². The van der Waals surface area contributed by atoms with Gasteiger partial charge in [0.2, 0.25) is 0 Å². The van der Waals surface area contributed by atoms with Crippen LogP contribution in [0.1, 0.15) is 0 Å². The van der Waals surface area contributed by atoms with Crippen LogP contribution in [0.4, 0.5) is 68.2 Å². The average molecular weight is 1180 g/mol. The highest BCUT2D eigenvalue weighted by molar-refractivity contribution is 6.33. The Balaban J connectivity index is 1.04. The molecule has 0 bridgehead atoms. The van der Waals surface area contributed by atoms with Crippen molar-refractivity contribution in [3.8, 4) is 44.5 Å². The van der Waals surface area contributed by atoms with Gasteiger partial charge in [-0.05, 0) is 154 Å². The Morgan fingerprint density at radius 1 is 0.130 bits per heavy atom. The van der Waals surface area contributed by atoms with E-state index in [1.807, 2.05) is 0 Å². The van der Waals surface area contributed by atoms with E-state index in [1.165, 1.54) is 22.3 Å². The van der Waals surface area contributed by atoms with Crippen LogP contribution in [0, 0.1) is 0 Å². The van der Waals surface area contributed by atoms with Gasteiger partial charge in [-0.15, -0.1) is 0 Å². The number of benzene rings is 16. The molecule has 0 unspecified atom stereocenters. The van der Waals surface area contributed by atoms with Crippen LogP contribution in [0.2, 0.25) is 0 Å². The Labute approximate surface area is 537 Å². The third-order valence-corrected chi connectivity index (χ3v) is 17.8. The van der Waals surface area contributed by atoms with Crippen molar-refractivity contribution in [2.45, 2.75) is 0 Å². The summed E-state index contributed by atoms with van der Waals surface area (Å²) >= 11 is 0. The first kappa shape index (κ1) is 55.1. The van der Waals surface area contributed by atoms with Gasteiger partial charge < -0.3 is 19.6 Å². The minimum atomic E-state index is 1.04. The van der Waals surface area contributed by atoms with E-state index in [1.54, 1.807) is 0 Å². The third-order valence-electron chi connectivity index (χ3n) is 17.8. The van der Waals surface area contributed by atoms with Crippen LogP contribution in [0.25, 0.3) is 76.8 Å². The van der Waals surface area contributed by atoms with E-state index in [0.29, 0.717) is 0 Å². The molecule has 0 aliphatic carbocycles. The Kier molecular flexibility index (Phi) is 14.6. The zero-order valence-electron chi connectivity index (χ0n) is 50.6. The zero-order chi connectivity index (χ0) is 61.2. The Hall–Kier alpha value is -12.2. The number of nitrogens with zero attached hydrogens (tertiary/aromatic N) is 4. The lowest BCUT2D eigenvalue weighted by atomic mass is 9.89. The Bertz CT molecular complexity index is 4560. The fourth-order valence-corrected chi connectivity index (χ4v) is 13.4. The molecule has 0 atom stereocenters. The van der Waals surface area contributed by atoms with Crippen LogP contribution in [0.5, 0.6) is 0 Å². The predicted molar refractivity (Wildman–Crippen MR) is 391 cm³/mol. The molecule has 92 heavy (non-hydrogen) atoms. The van der Waals surface area contributed by atoms with Crippen LogP contribution in [-0.2, 0) is 0 Å². The summed E-state index contributed by atoms with van der Waals surface area (Å²) in [5.41, 5.74) is 21.8. The summed E-state index contributed by atoms with van der Waals surface area (Å²) in [6, 6.07) is 137. The largest absolute Gasteiger partial charge is 0.310 e. The van der Waals surface area contributed by atoms with E-state index >= 15 is 0 Å². The Morgan fingerprint density at radius 3 is 0.467 bits per heavy atom. The van der Waals surface area contributed by atoms with Gasteiger partial charge in [0, 0.05) is 77.8 Å². The van der Waals surface area contributed by atoms with Gasteiger partial charge in [-0.1, -0.05) is 267 Å². The topological polar surface area (TPSA) is 13.0 Å². The molecule has 16 rings (SSSR count). The van der Waals surface area contributed by atoms with E-state index in [2.05, 4.69) is 396 Å². The first-order valence-electron chi connectivity index (χ1n) is 31.5. The van der Waals surface area contributed by atoms with Crippen molar-refractivity contribution >= 4 is 101 Å². The molecule has 0 saturated heterocycles. The molecule has 0 heterocycles. The maximum atomic E-state index is 2.48. The van der Waals surface area contributed by atoms with Crippen LogP contribution in [-0.4, -0.2) is 0 Å². The second-order valence-electron chi connectivity index (χ2n) is 23.2. The summed E-state index contributed by atoms with van der Waals surface area (Å²) in [5.74, 6) is 0. The molecule has 4 heteroatoms. The molecular weight excluding hydrogens is 1110 g/mol. The first-order chi connectivity index (χ1) is 45.7. The van der Waals surface area contributed by atoms with Gasteiger partial charge >= 0.3 is 0 Å². The summed E-state index contributed by atoms with van der Waals surface area (Å²) in [4.78, 5) is 9.84. The number of para-hydroxylation sites is 4. The number of anilines is 12. The van der Waals surface area contributed by atoms with Crippen molar-refractivity contribution in [3.63, 3.8) is 0 Å². The lowest BCUT2D eigenvalue weighted by molar-refractivity contribution is 1.26. The van der Waals surface area contributed by atoms with E-state index < -0.39 is 0 Å². The smallest absolute Gasteiger partial charge is 0.0561 e. The minimum Gasteiger partial charge on any atom is -0.310 e. The van der Waals surface area contributed by atoms with Crippen molar-refractivity contribution in [2.24, 2.45) is 0 Å². The summed E-state index contributed by atoms with van der Waals surface area (Å²) < 4.78 is 0. The molecule has 0 radical (unpaired) electrons. The molecule has 16 aromatic rings. The van der Waals surface area contributed by atoms with Crippen LogP contribution >= 0.6 is 0 Å². The molecule has 16 aromatic carbocycles. The molecule has 0 spiro atoms. The van der Waals surface area contributed by atoms with Gasteiger partial charge in [0.1, 0.15) is 0 Å². The van der Waals surface area contributed by atoms with Gasteiger partial charge in [0.15, 0.2) is 0 Å². The molecule has 0 aliphatic heterocycles. The summed E-state index contributed by atoms with van der Waals surface area (Å²) in [7, 11) is 0. The molecule has 0 N–H and O–H groups in total. The lowest BCUT2D eigenvalue weighted by Crippen LogP contribution is -2.16. The second-order valence-corrected chi connectivity index (χ2v) is 23.2. The average Bonchev–Trinajstić information content (AvgIpc) is 0.704. The molecule has 0 saturated carbocycles. The van der Waals surface area contributed by atoms with Crippen LogP contribution in [0.3, 0.4) is 0 Å². The zero-order valence-corrected chi connectivity index (χ0v) is 50.6. The lowest BCUT2D eigenvalue weighted by Gasteiger charge is -2.34. The van der Waals surface area contributed by atoms with Gasteiger partial charge in [0.05, 0.1) is 22.7 Å². The number of hydrogen-bond acceptors (Lipinski definition) is 4. The number of rotatable bonds is 16. The van der Waals surface area contributed by atoms with Gasteiger partial charge in [-0.3, -0.25) is 0 Å². The first-order valence-corrected chi connectivity index (χ1v) is 31.5. The summed E-state index contributed by atoms with van der Waals surface area (Å²) in [6.45, 7) is 0. The normalized spacial score (nSPS) is 11.3. The highest BCUT2D eigenvalue weighted by atomic mass is 15.2. The standard InChI is InChI=1S/C88H62N4/c1-9-25-63(26-10-1)67-41-49-75(50-42-67)91(76-51-43-68(44-52-76)64-27-11-2-12-28-64)85-61-83(89(71-33-17-5-18-34-71)72-35-19-6-20-36-72)79-58-60-82-86(62-84(80-57-59-81(85)87(79)88(80)82)90(73-37-21-7-22-38-73)74-39-23-8-24-40-74)92(77-53-45-69(46-54-77)65-29-13-3-14-30-65)78-55-47-70(48-56-78)66-31-15-4-16-32-66/h1-62H. The number of hydrogen-bond donors (Lipinski definition) is 0. The summed E-state index contributed by atoms with van der Waals surface area (Å²) in [5, 5.41) is 6.77. The Morgan fingerprint density at radius 2 is 0.283 bits per heavy atom. The van der Waals surface area contributed by atoms with Crippen molar-refractivity contribution in [1.29, 1.82) is 0 Å². The van der Waals surface area contributed by atoms with Gasteiger partial charge in [-0.2, -0.15) is 0 Å². The predicted octanol–water partition coefficient (Wildman–Crippen LogP) is 25.1. The fourth-order valence-electron chi connectivity index (χ4n) is 13.4. The highest BCUT2D eigenvalue weighted by Gasteiger charge is 2.29. The minimum absolute atomic E-state index is 1.04. The quantitative estimate of drug-likeness (QED) is 0.0894. The molecule has 434 valence electrons. The molecule has 0 aromatic heterocycles. The van der Waals surface area contributed by atoms with Crippen molar-refractivity contribution in [3.05, 3.63) is 376 Å². The molecule has 4 nitrogen and oxygen atoms in total. The maximum absolute atomic E-state index is 2.48. The van der Waals surface area contributed by atoms with Gasteiger partial charge in [0.25, 0.3) is 0 Å². The molecule has 0 aliphatic rings. The van der Waals surface area contributed by atoms with Crippen molar-refractivity contribution in [2.75, 3.05) is 19.6 Å².